The Bertz CT molecular complexity index is 2800. The number of amides is 2. The van der Waals surface area contributed by atoms with Crippen LogP contribution in [-0.2, 0) is 43.2 Å². The summed E-state index contributed by atoms with van der Waals surface area (Å²) in [6, 6.07) is 34.3. The molecule has 2 aliphatic heterocycles. The predicted octanol–water partition coefficient (Wildman–Crippen LogP) is 4.65. The molecule has 0 saturated carbocycles. The van der Waals surface area contributed by atoms with Gasteiger partial charge in [-0.1, -0.05) is 115 Å². The fraction of sp³-hybridized carbons (Fsp3) is 0.227. The molecule has 4 atom stereocenters. The van der Waals surface area contributed by atoms with Gasteiger partial charge in [0.1, 0.15) is 41.1 Å². The highest BCUT2D eigenvalue weighted by molar-refractivity contribution is 8.05. The molecule has 2 aliphatic rings. The van der Waals surface area contributed by atoms with Crippen molar-refractivity contribution >= 4 is 69.2 Å². The van der Waals surface area contributed by atoms with Gasteiger partial charge in [0.25, 0.3) is 11.6 Å². The van der Waals surface area contributed by atoms with Crippen molar-refractivity contribution in [3.63, 3.8) is 0 Å². The number of esters is 1. The zero-order chi connectivity index (χ0) is 45.9. The summed E-state index contributed by atoms with van der Waals surface area (Å²) < 4.78 is 5.20. The second-order valence-electron chi connectivity index (χ2n) is 14.9. The van der Waals surface area contributed by atoms with Crippen LogP contribution in [0.3, 0.4) is 0 Å². The van der Waals surface area contributed by atoms with E-state index in [0.717, 1.165) is 33.0 Å². The Kier molecular flexibility index (Phi) is 12.7. The minimum atomic E-state index is -1.58. The van der Waals surface area contributed by atoms with E-state index in [4.69, 9.17) is 14.6 Å². The number of nitrogens with one attached hydrogen (secondary N) is 3. The monoisotopic (exact) mass is 933 g/mol. The van der Waals surface area contributed by atoms with Crippen LogP contribution in [0.2, 0.25) is 0 Å². The first-order valence-electron chi connectivity index (χ1n) is 19.9. The number of β-lactam (4-membered cyclic amide) rings is 1. The quantitative estimate of drug-likeness (QED) is 0.0242. The van der Waals surface area contributed by atoms with Crippen molar-refractivity contribution in [3.8, 4) is 0 Å². The molecule has 18 nitrogen and oxygen atoms in total. The van der Waals surface area contributed by atoms with E-state index in [9.17, 15) is 34.1 Å². The van der Waals surface area contributed by atoms with E-state index in [0.29, 0.717) is 10.7 Å². The highest BCUT2D eigenvalue weighted by atomic mass is 32.2. The van der Waals surface area contributed by atoms with Crippen LogP contribution in [0.4, 0.5) is 10.8 Å². The molecular weight excluding hydrogens is 895 g/mol. The lowest BCUT2D eigenvalue weighted by atomic mass is 9.77. The maximum atomic E-state index is 14.2. The van der Waals surface area contributed by atoms with Crippen LogP contribution in [0.25, 0.3) is 0 Å². The lowest BCUT2D eigenvalue weighted by Crippen LogP contribution is -2.76. The maximum absolute atomic E-state index is 14.2. The molecule has 0 spiro atoms. The number of thioether (sulfide) groups is 2. The second kappa shape index (κ2) is 18.6. The van der Waals surface area contributed by atoms with Gasteiger partial charge in [0.2, 0.25) is 5.91 Å². The number of rotatable bonds is 15. The second-order valence-corrected chi connectivity index (χ2v) is 18.5. The van der Waals surface area contributed by atoms with Crippen LogP contribution in [0, 0.1) is 10.1 Å². The van der Waals surface area contributed by atoms with Crippen LogP contribution in [0.5, 0.6) is 0 Å². The molecule has 332 valence electrons. The van der Waals surface area contributed by atoms with E-state index in [1.165, 1.54) is 66.4 Å². The summed E-state index contributed by atoms with van der Waals surface area (Å²) in [4.78, 5) is 89.0. The number of ether oxygens (including phenoxy) is 1. The highest BCUT2D eigenvalue weighted by Crippen LogP contribution is 2.51. The van der Waals surface area contributed by atoms with Crippen molar-refractivity contribution in [2.24, 2.45) is 12.2 Å². The number of H-pyrrole nitrogens is 1. The smallest absolute Gasteiger partial charge is 0.330 e. The minimum Gasteiger partial charge on any atom is -0.460 e. The number of carbonyl (C=O) groups is 3. The molecule has 0 bridgehead atoms. The van der Waals surface area contributed by atoms with Gasteiger partial charge in [-0.2, -0.15) is 0 Å². The lowest BCUT2D eigenvalue weighted by molar-refractivity contribution is -0.384. The molecule has 65 heavy (non-hydrogen) atoms. The topological polar surface area (TPSA) is 233 Å². The van der Waals surface area contributed by atoms with Crippen molar-refractivity contribution in [1.29, 1.82) is 0 Å². The van der Waals surface area contributed by atoms with E-state index in [1.807, 2.05) is 91.0 Å². The Morgan fingerprint density at radius 2 is 1.57 bits per heavy atom. The van der Waals surface area contributed by atoms with E-state index >= 15 is 0 Å². The zero-order valence-electron chi connectivity index (χ0n) is 34.8. The number of anilines is 1. The van der Waals surface area contributed by atoms with Crippen LogP contribution >= 0.6 is 34.9 Å². The molecular formula is C44H39N9O9S3. The molecule has 3 unspecified atom stereocenters. The minimum absolute atomic E-state index is 0.0169. The predicted molar refractivity (Wildman–Crippen MR) is 245 cm³/mol. The summed E-state index contributed by atoms with van der Waals surface area (Å²) in [6.07, 6.45) is 0. The van der Waals surface area contributed by atoms with Crippen LogP contribution in [0.1, 0.15) is 34.9 Å². The Balaban J connectivity index is 1.03. The van der Waals surface area contributed by atoms with Crippen molar-refractivity contribution < 1.29 is 28.9 Å². The number of thiazole rings is 1. The van der Waals surface area contributed by atoms with Gasteiger partial charge >= 0.3 is 17.1 Å². The number of fused-ring (bicyclic) bond motifs is 1. The number of oxime groups is 1. The van der Waals surface area contributed by atoms with Gasteiger partial charge in [-0.05, 0) is 34.4 Å². The Morgan fingerprint density at radius 3 is 2.14 bits per heavy atom. The van der Waals surface area contributed by atoms with Crippen molar-refractivity contribution in [2.75, 3.05) is 19.0 Å². The first kappa shape index (κ1) is 44.5. The number of nitrogens with zero attached hydrogens (tertiary/aromatic N) is 6. The Morgan fingerprint density at radius 1 is 0.969 bits per heavy atom. The van der Waals surface area contributed by atoms with Crippen molar-refractivity contribution in [3.05, 3.63) is 179 Å². The number of hydrogen-bond donors (Lipinski definition) is 3. The summed E-state index contributed by atoms with van der Waals surface area (Å²) in [7, 11) is 2.63. The van der Waals surface area contributed by atoms with E-state index in [1.54, 1.807) is 12.3 Å². The molecule has 0 radical (unpaired) electrons. The van der Waals surface area contributed by atoms with Crippen molar-refractivity contribution in [1.82, 2.24) is 30.0 Å². The summed E-state index contributed by atoms with van der Waals surface area (Å²) in [6.45, 7) is 1.27. The number of hydrogen-bond acceptors (Lipinski definition) is 16. The molecule has 2 aromatic heterocycles. The average molecular weight is 934 g/mol. The van der Waals surface area contributed by atoms with Gasteiger partial charge in [-0.25, -0.2) is 10.1 Å². The van der Waals surface area contributed by atoms with Crippen LogP contribution < -0.4 is 21.8 Å². The molecule has 0 aliphatic carbocycles. The number of non-ortho nitro benzene ring substituents is 1. The van der Waals surface area contributed by atoms with Crippen LogP contribution in [-0.4, -0.2) is 88.1 Å². The highest BCUT2D eigenvalue weighted by Gasteiger charge is 2.62. The van der Waals surface area contributed by atoms with Gasteiger partial charge in [-0.3, -0.25) is 38.7 Å². The van der Waals surface area contributed by atoms with Crippen molar-refractivity contribution in [2.45, 2.75) is 45.6 Å². The molecule has 4 heterocycles. The third-order valence-corrected chi connectivity index (χ3v) is 15.2. The molecule has 21 heteroatoms. The fourth-order valence-corrected chi connectivity index (χ4v) is 11.3. The molecule has 2 saturated heterocycles. The first-order valence-corrected chi connectivity index (χ1v) is 22.5. The third-order valence-electron chi connectivity index (χ3n) is 11.1. The zero-order valence-corrected chi connectivity index (χ0v) is 37.2. The van der Waals surface area contributed by atoms with E-state index in [-0.39, 0.29) is 35.4 Å². The SMILES string of the molecule is CON=C(C(=O)NC1C(=O)N2CC(Sc3n[nH]c(=O)c(=O)n3C)(C(=O)OCc3ccc([N+](=O)[O-])cc3)C(C)S[C@H]12)c1csc(NC(c2ccccc2)(c2ccccc2)c2ccccc2)n1. The number of aromatic amines is 1. The number of nitro groups is 1. The van der Waals surface area contributed by atoms with Gasteiger partial charge in [0.05, 0.1) is 4.92 Å². The molecule has 2 amide bonds. The average Bonchev–Trinajstić information content (AvgIpc) is 3.80. The lowest BCUT2D eigenvalue weighted by Gasteiger charge is -2.56. The third kappa shape index (κ3) is 8.52. The van der Waals surface area contributed by atoms with Gasteiger partial charge in [-0.15, -0.1) is 28.2 Å². The molecule has 8 rings (SSSR count). The summed E-state index contributed by atoms with van der Waals surface area (Å²) >= 11 is 3.34. The van der Waals surface area contributed by atoms with Gasteiger partial charge in [0.15, 0.2) is 16.0 Å². The normalized spacial score (nSPS) is 19.4. The summed E-state index contributed by atoms with van der Waals surface area (Å²) in [5.41, 5.74) is 0.421. The van der Waals surface area contributed by atoms with E-state index < -0.39 is 60.8 Å². The van der Waals surface area contributed by atoms with Gasteiger partial charge < -0.3 is 25.1 Å². The number of carbonyl (C=O) groups excluding carboxylic acids is 3. The van der Waals surface area contributed by atoms with Gasteiger partial charge in [0, 0.05) is 36.4 Å². The first-order chi connectivity index (χ1) is 31.4. The molecule has 2 fully saturated rings. The summed E-state index contributed by atoms with van der Waals surface area (Å²) in [5.74, 6) is -2.00. The Labute approximate surface area is 382 Å². The van der Waals surface area contributed by atoms with E-state index in [2.05, 4.69) is 26.0 Å². The summed E-state index contributed by atoms with van der Waals surface area (Å²) in [5, 5.41) is 28.7. The number of benzene rings is 4. The number of aromatic nitrogens is 4. The van der Waals surface area contributed by atoms with Crippen LogP contribution in [0.15, 0.2) is 141 Å². The largest absolute Gasteiger partial charge is 0.460 e. The fourth-order valence-electron chi connectivity index (χ4n) is 7.65. The standard InChI is InChI=1S/C44H39N9O9S3/c1-26-43(65-42-49-48-36(55)38(57)51(42)2,40(58)62-23-27-19-21-31(22-20-27)53(59)60)25-52-37(56)34(39(52)64-26)46-35(54)33(50-61-3)32-24-63-41(45-32)47-44(28-13-7-4-8-14-28,29-15-9-5-10-16-29)30-17-11-6-12-18-30/h4-22,24,26,34,39H,23,25H2,1-3H3,(H,45,47)(H,46,54)(H,48,55)/t26?,34?,39-,43?/m1/s1. The molecule has 4 aromatic carbocycles. The molecule has 3 N–H and O–H groups in total. The molecule has 6 aromatic rings. The number of nitro benzene ring substituents is 1. The maximum Gasteiger partial charge on any atom is 0.330 e. The Hall–Kier alpha value is -7.10.